The van der Waals surface area contributed by atoms with Gasteiger partial charge in [0.15, 0.2) is 0 Å². The van der Waals surface area contributed by atoms with E-state index in [1.807, 2.05) is 0 Å². The second-order valence-electron chi connectivity index (χ2n) is 4.96. The van der Waals surface area contributed by atoms with E-state index in [1.165, 1.54) is 13.2 Å². The highest BCUT2D eigenvalue weighted by Gasteiger charge is 2.20. The summed E-state index contributed by atoms with van der Waals surface area (Å²) in [4.78, 5) is 31.4. The van der Waals surface area contributed by atoms with Crippen LogP contribution in [-0.4, -0.2) is 45.3 Å². The number of hydrogen-bond donors (Lipinski definition) is 4. The molecule has 11 heteroatoms. The number of anilines is 2. The molecule has 0 aliphatic heterocycles. The van der Waals surface area contributed by atoms with Crippen molar-refractivity contribution in [2.24, 2.45) is 5.73 Å². The molecule has 6 N–H and O–H groups in total. The Morgan fingerprint density at radius 1 is 1.29 bits per heavy atom. The molecule has 9 nitrogen and oxygen atoms in total. The van der Waals surface area contributed by atoms with Crippen LogP contribution in [-0.2, 0) is 15.6 Å². The SMILES string of the molecule is CC(=O)NCCCNc1nc(S(C)=O)nc2sc(C(N)=O)c(N)c12. The molecule has 2 aromatic heterocycles. The second-order valence-corrected chi connectivity index (χ2v) is 7.23. The maximum Gasteiger partial charge on any atom is 0.260 e. The lowest BCUT2D eigenvalue weighted by Crippen LogP contribution is -2.22. The Hall–Kier alpha value is -2.27. The van der Waals surface area contributed by atoms with E-state index >= 15 is 0 Å². The highest BCUT2D eigenvalue weighted by molar-refractivity contribution is 7.84. The molecule has 2 heterocycles. The summed E-state index contributed by atoms with van der Waals surface area (Å²) in [5.41, 5.74) is 11.5. The van der Waals surface area contributed by atoms with Crippen LogP contribution in [0.15, 0.2) is 5.16 Å². The molecule has 0 spiro atoms. The zero-order valence-electron chi connectivity index (χ0n) is 13.2. The second kappa shape index (κ2) is 7.53. The number of aromatic nitrogens is 2. The molecule has 1 atom stereocenters. The molecule has 24 heavy (non-hydrogen) atoms. The summed E-state index contributed by atoms with van der Waals surface area (Å²) < 4.78 is 11.7. The van der Waals surface area contributed by atoms with Gasteiger partial charge in [0.25, 0.3) is 5.91 Å². The predicted octanol–water partition coefficient (Wildman–Crippen LogP) is 0.0479. The summed E-state index contributed by atoms with van der Waals surface area (Å²) in [7, 11) is -1.39. The van der Waals surface area contributed by atoms with Crippen LogP contribution in [0, 0.1) is 0 Å². The first kappa shape index (κ1) is 18.1. The molecule has 2 rings (SSSR count). The van der Waals surface area contributed by atoms with Crippen LogP contribution in [0.3, 0.4) is 0 Å². The summed E-state index contributed by atoms with van der Waals surface area (Å²) in [5.74, 6) is -0.350. The van der Waals surface area contributed by atoms with Gasteiger partial charge in [-0.05, 0) is 6.42 Å². The number of rotatable bonds is 7. The number of hydrogen-bond acceptors (Lipinski definition) is 8. The van der Waals surface area contributed by atoms with Gasteiger partial charge in [-0.25, -0.2) is 9.97 Å². The summed E-state index contributed by atoms with van der Waals surface area (Å²) in [6.45, 7) is 2.46. The average molecular weight is 370 g/mol. The van der Waals surface area contributed by atoms with Crippen LogP contribution in [0.25, 0.3) is 10.2 Å². The minimum atomic E-state index is -1.39. The van der Waals surface area contributed by atoms with Crippen molar-refractivity contribution < 1.29 is 13.8 Å². The molecule has 0 aliphatic carbocycles. The first-order chi connectivity index (χ1) is 11.3. The first-order valence-electron chi connectivity index (χ1n) is 7.02. The summed E-state index contributed by atoms with van der Waals surface area (Å²) >= 11 is 1.04. The number of nitrogen functional groups attached to an aromatic ring is 1. The van der Waals surface area contributed by atoms with Crippen molar-refractivity contribution in [1.29, 1.82) is 0 Å². The van der Waals surface area contributed by atoms with Gasteiger partial charge in [0.1, 0.15) is 15.5 Å². The molecular weight excluding hydrogens is 352 g/mol. The molecule has 0 aliphatic rings. The van der Waals surface area contributed by atoms with Gasteiger partial charge in [0, 0.05) is 26.3 Å². The fourth-order valence-corrected chi connectivity index (χ4v) is 3.45. The maximum atomic E-state index is 11.7. The molecule has 2 aromatic rings. The van der Waals surface area contributed by atoms with Gasteiger partial charge in [-0.3, -0.25) is 13.8 Å². The number of amides is 2. The Balaban J connectivity index is 2.33. The lowest BCUT2D eigenvalue weighted by atomic mass is 10.2. The lowest BCUT2D eigenvalue weighted by molar-refractivity contribution is -0.118. The van der Waals surface area contributed by atoms with Crippen molar-refractivity contribution in [2.75, 3.05) is 30.4 Å². The third-order valence-electron chi connectivity index (χ3n) is 3.07. The third kappa shape index (κ3) is 3.97. The van der Waals surface area contributed by atoms with Gasteiger partial charge in [0.05, 0.1) is 21.9 Å². The molecule has 0 bridgehead atoms. The average Bonchev–Trinajstić information content (AvgIpc) is 2.83. The number of thiophene rings is 1. The smallest absolute Gasteiger partial charge is 0.260 e. The van der Waals surface area contributed by atoms with Crippen molar-refractivity contribution in [3.05, 3.63) is 4.88 Å². The van der Waals surface area contributed by atoms with Crippen LogP contribution in [0.5, 0.6) is 0 Å². The number of nitrogens with zero attached hydrogens (tertiary/aromatic N) is 2. The van der Waals surface area contributed by atoms with Crippen molar-refractivity contribution >= 4 is 55.7 Å². The third-order valence-corrected chi connectivity index (χ3v) is 4.88. The van der Waals surface area contributed by atoms with Crippen LogP contribution in [0.2, 0.25) is 0 Å². The highest BCUT2D eigenvalue weighted by Crippen LogP contribution is 2.36. The number of primary amides is 1. The number of fused-ring (bicyclic) bond motifs is 1. The fraction of sp³-hybridized carbons (Fsp3) is 0.385. The van der Waals surface area contributed by atoms with Gasteiger partial charge in [0.2, 0.25) is 11.1 Å². The molecule has 0 radical (unpaired) electrons. The number of carbonyl (C=O) groups excluding carboxylic acids is 2. The van der Waals surface area contributed by atoms with Crippen molar-refractivity contribution in [3.8, 4) is 0 Å². The molecule has 130 valence electrons. The first-order valence-corrected chi connectivity index (χ1v) is 9.40. The van der Waals surface area contributed by atoms with E-state index in [1.54, 1.807) is 0 Å². The Kier molecular flexibility index (Phi) is 5.67. The van der Waals surface area contributed by atoms with Gasteiger partial charge >= 0.3 is 0 Å². The molecule has 0 saturated heterocycles. The van der Waals surface area contributed by atoms with Crippen molar-refractivity contribution in [2.45, 2.75) is 18.5 Å². The van der Waals surface area contributed by atoms with E-state index in [9.17, 15) is 13.8 Å². The molecule has 0 aromatic carbocycles. The number of nitrogens with two attached hydrogens (primary N) is 2. The van der Waals surface area contributed by atoms with Crippen LogP contribution < -0.4 is 22.1 Å². The van der Waals surface area contributed by atoms with Gasteiger partial charge in [-0.15, -0.1) is 11.3 Å². The van der Waals surface area contributed by atoms with E-state index in [-0.39, 0.29) is 21.6 Å². The molecule has 0 fully saturated rings. The Morgan fingerprint density at radius 3 is 2.58 bits per heavy atom. The van der Waals surface area contributed by atoms with Crippen LogP contribution in [0.1, 0.15) is 23.0 Å². The van der Waals surface area contributed by atoms with Gasteiger partial charge in [-0.2, -0.15) is 0 Å². The lowest BCUT2D eigenvalue weighted by Gasteiger charge is -2.09. The quantitative estimate of drug-likeness (QED) is 0.396. The number of carbonyl (C=O) groups is 2. The highest BCUT2D eigenvalue weighted by atomic mass is 32.2. The Morgan fingerprint density at radius 2 is 2.00 bits per heavy atom. The minimum Gasteiger partial charge on any atom is -0.397 e. The molecule has 0 saturated carbocycles. The van der Waals surface area contributed by atoms with E-state index < -0.39 is 16.7 Å². The topological polar surface area (TPSA) is 153 Å². The zero-order chi connectivity index (χ0) is 17.9. The van der Waals surface area contributed by atoms with E-state index in [2.05, 4.69) is 20.6 Å². The van der Waals surface area contributed by atoms with Gasteiger partial charge < -0.3 is 22.1 Å². The molecule has 2 amide bonds. The molecule has 1 unspecified atom stereocenters. The normalized spacial score (nSPS) is 12.1. The van der Waals surface area contributed by atoms with Gasteiger partial charge in [-0.1, -0.05) is 0 Å². The predicted molar refractivity (Wildman–Crippen MR) is 94.5 cm³/mol. The van der Waals surface area contributed by atoms with Crippen LogP contribution >= 0.6 is 11.3 Å². The van der Waals surface area contributed by atoms with Crippen molar-refractivity contribution in [3.63, 3.8) is 0 Å². The largest absolute Gasteiger partial charge is 0.397 e. The van der Waals surface area contributed by atoms with E-state index in [4.69, 9.17) is 11.5 Å². The maximum absolute atomic E-state index is 11.7. The Labute approximate surface area is 144 Å². The standard InChI is InChI=1S/C13H18N6O3S2/c1-6(20)16-4-3-5-17-11-7-8(14)9(10(15)21)23-12(7)19-13(18-11)24(2)22/h3-5,14H2,1-2H3,(H2,15,21)(H,16,20)(H,17,18,19). The summed E-state index contributed by atoms with van der Waals surface area (Å²) in [5, 5.41) is 6.40. The number of nitrogens with one attached hydrogen (secondary N) is 2. The Bertz CT molecular complexity index is 820. The van der Waals surface area contributed by atoms with Crippen LogP contribution in [0.4, 0.5) is 11.5 Å². The van der Waals surface area contributed by atoms with E-state index in [0.717, 1.165) is 11.3 Å². The summed E-state index contributed by atoms with van der Waals surface area (Å²) in [6, 6.07) is 0. The minimum absolute atomic E-state index is 0.101. The fourth-order valence-electron chi connectivity index (χ4n) is 2.00. The summed E-state index contributed by atoms with van der Waals surface area (Å²) in [6.07, 6.45) is 2.12. The zero-order valence-corrected chi connectivity index (χ0v) is 14.8. The monoisotopic (exact) mass is 370 g/mol. The van der Waals surface area contributed by atoms with E-state index in [0.29, 0.717) is 35.5 Å². The molecular formula is C13H18N6O3S2. The van der Waals surface area contributed by atoms with Crippen molar-refractivity contribution in [1.82, 2.24) is 15.3 Å².